The van der Waals surface area contributed by atoms with Crippen LogP contribution in [0.25, 0.3) is 0 Å². The van der Waals surface area contributed by atoms with Crippen LogP contribution in [0, 0.1) is 0 Å². The maximum absolute atomic E-state index is 12.1. The van der Waals surface area contributed by atoms with Crippen LogP contribution in [0.15, 0.2) is 51.4 Å². The third kappa shape index (κ3) is 3.80. The van der Waals surface area contributed by atoms with Gasteiger partial charge in [-0.2, -0.15) is 0 Å². The Morgan fingerprint density at radius 2 is 1.76 bits per heavy atom. The second-order valence-corrected chi connectivity index (χ2v) is 6.07. The van der Waals surface area contributed by atoms with Gasteiger partial charge in [0.05, 0.1) is 15.6 Å². The number of halogens is 2. The Hall–Kier alpha value is -1.46. The van der Waals surface area contributed by atoms with E-state index in [9.17, 15) is 9.59 Å². The fourth-order valence-corrected chi connectivity index (χ4v) is 3.09. The highest BCUT2D eigenvalue weighted by Gasteiger charge is 2.19. The van der Waals surface area contributed by atoms with Gasteiger partial charge in [0.15, 0.2) is 11.5 Å². The first-order valence-electron chi connectivity index (χ1n) is 6.32. The summed E-state index contributed by atoms with van der Waals surface area (Å²) in [7, 11) is 0. The molecule has 2 aromatic rings. The van der Waals surface area contributed by atoms with Gasteiger partial charge in [0.25, 0.3) is 0 Å². The lowest BCUT2D eigenvalue weighted by molar-refractivity contribution is 0.0731. The summed E-state index contributed by atoms with van der Waals surface area (Å²) in [6, 6.07) is 12.0. The van der Waals surface area contributed by atoms with E-state index in [2.05, 4.69) is 31.9 Å². The molecule has 0 saturated heterocycles. The molecule has 0 heterocycles. The summed E-state index contributed by atoms with van der Waals surface area (Å²) in [5, 5.41) is 0. The van der Waals surface area contributed by atoms with E-state index in [0.717, 1.165) is 4.47 Å². The van der Waals surface area contributed by atoms with Crippen molar-refractivity contribution in [3.8, 4) is 5.75 Å². The molecule has 0 aliphatic heterocycles. The van der Waals surface area contributed by atoms with Crippen molar-refractivity contribution in [1.29, 1.82) is 0 Å². The monoisotopic (exact) mass is 410 g/mol. The molecule has 3 nitrogen and oxygen atoms in total. The quantitative estimate of drug-likeness (QED) is 0.402. The molecule has 0 aliphatic rings. The smallest absolute Gasteiger partial charge is 0.343 e. The highest BCUT2D eigenvalue weighted by molar-refractivity contribution is 9.11. The average molecular weight is 412 g/mol. The van der Waals surface area contributed by atoms with Crippen LogP contribution in [-0.4, -0.2) is 11.8 Å². The third-order valence-corrected chi connectivity index (χ3v) is 3.88. The van der Waals surface area contributed by atoms with Crippen LogP contribution < -0.4 is 4.74 Å². The molecule has 108 valence electrons. The molecule has 0 N–H and O–H groups in total. The maximum atomic E-state index is 12.1. The Balaban J connectivity index is 2.40. The van der Waals surface area contributed by atoms with Crippen molar-refractivity contribution in [1.82, 2.24) is 0 Å². The number of Topliss-reactive ketones (excluding diaryl/α,β-unsaturated/α-hetero) is 1. The highest BCUT2D eigenvalue weighted by atomic mass is 79.9. The van der Waals surface area contributed by atoms with E-state index in [-0.39, 0.29) is 11.5 Å². The molecule has 0 amide bonds. The lowest BCUT2D eigenvalue weighted by Crippen LogP contribution is -2.12. The average Bonchev–Trinajstić information content (AvgIpc) is 2.49. The van der Waals surface area contributed by atoms with E-state index in [0.29, 0.717) is 22.0 Å². The van der Waals surface area contributed by atoms with Crippen LogP contribution in [0.4, 0.5) is 0 Å². The predicted molar refractivity (Wildman–Crippen MR) is 87.9 cm³/mol. The first-order valence-corrected chi connectivity index (χ1v) is 7.91. The van der Waals surface area contributed by atoms with Crippen LogP contribution in [0.1, 0.15) is 34.1 Å². The number of hydrogen-bond donors (Lipinski definition) is 0. The number of carbonyl (C=O) groups excluding carboxylic acids is 2. The van der Waals surface area contributed by atoms with E-state index < -0.39 is 5.97 Å². The molecule has 0 radical (unpaired) electrons. The molecule has 0 aliphatic carbocycles. The van der Waals surface area contributed by atoms with E-state index in [4.69, 9.17) is 4.74 Å². The number of ketones is 1. The zero-order chi connectivity index (χ0) is 15.4. The van der Waals surface area contributed by atoms with Crippen molar-refractivity contribution >= 4 is 43.6 Å². The summed E-state index contributed by atoms with van der Waals surface area (Å²) in [6.07, 6.45) is 0.332. The molecule has 0 saturated carbocycles. The first kappa shape index (κ1) is 15.9. The lowest BCUT2D eigenvalue weighted by atomic mass is 10.1. The van der Waals surface area contributed by atoms with Crippen molar-refractivity contribution in [2.24, 2.45) is 0 Å². The highest BCUT2D eigenvalue weighted by Crippen LogP contribution is 2.34. The minimum atomic E-state index is -0.497. The molecular weight excluding hydrogens is 400 g/mol. The number of benzene rings is 2. The number of hydrogen-bond acceptors (Lipinski definition) is 3. The Kier molecular flexibility index (Phi) is 5.31. The topological polar surface area (TPSA) is 43.4 Å². The molecule has 0 fully saturated rings. The summed E-state index contributed by atoms with van der Waals surface area (Å²) in [4.78, 5) is 24.2. The summed E-state index contributed by atoms with van der Waals surface area (Å²) in [5.74, 6) is -0.337. The molecule has 0 atom stereocenters. The summed E-state index contributed by atoms with van der Waals surface area (Å²) in [6.45, 7) is 1.76. The normalized spacial score (nSPS) is 10.2. The van der Waals surface area contributed by atoms with Crippen molar-refractivity contribution in [3.05, 3.63) is 62.5 Å². The van der Waals surface area contributed by atoms with Crippen LogP contribution in [-0.2, 0) is 0 Å². The Labute approximate surface area is 139 Å². The van der Waals surface area contributed by atoms with E-state index >= 15 is 0 Å². The molecule has 0 unspecified atom stereocenters. The van der Waals surface area contributed by atoms with Gasteiger partial charge < -0.3 is 4.74 Å². The Morgan fingerprint density at radius 3 is 2.38 bits per heavy atom. The summed E-state index contributed by atoms with van der Waals surface area (Å²) in [5.41, 5.74) is 0.810. The van der Waals surface area contributed by atoms with E-state index in [1.807, 2.05) is 6.07 Å². The SMILES string of the molecule is CCC(=O)c1cc(Br)cc(Br)c1OC(=O)c1ccccc1. The number of esters is 1. The zero-order valence-corrected chi connectivity index (χ0v) is 14.4. The standard InChI is InChI=1S/C16H12Br2O3/c1-2-14(19)12-8-11(17)9-13(18)15(12)21-16(20)10-6-4-3-5-7-10/h3-9H,2H2,1H3. The second-order valence-electron chi connectivity index (χ2n) is 4.30. The van der Waals surface area contributed by atoms with E-state index in [1.54, 1.807) is 43.3 Å². The third-order valence-electron chi connectivity index (χ3n) is 2.83. The van der Waals surface area contributed by atoms with Gasteiger partial charge in [-0.05, 0) is 40.2 Å². The molecule has 0 spiro atoms. The predicted octanol–water partition coefficient (Wildman–Crippen LogP) is 5.02. The molecule has 21 heavy (non-hydrogen) atoms. The van der Waals surface area contributed by atoms with Gasteiger partial charge in [-0.15, -0.1) is 0 Å². The second kappa shape index (κ2) is 7.00. The maximum Gasteiger partial charge on any atom is 0.343 e. The van der Waals surface area contributed by atoms with Gasteiger partial charge in [0.2, 0.25) is 0 Å². The van der Waals surface area contributed by atoms with Crippen molar-refractivity contribution < 1.29 is 14.3 Å². The summed E-state index contributed by atoms with van der Waals surface area (Å²) < 4.78 is 6.71. The lowest BCUT2D eigenvalue weighted by Gasteiger charge is -2.11. The largest absolute Gasteiger partial charge is 0.421 e. The molecule has 2 rings (SSSR count). The minimum absolute atomic E-state index is 0.0899. The van der Waals surface area contributed by atoms with Crippen LogP contribution in [0.3, 0.4) is 0 Å². The van der Waals surface area contributed by atoms with Gasteiger partial charge in [0, 0.05) is 10.9 Å². The number of carbonyl (C=O) groups is 2. The minimum Gasteiger partial charge on any atom is -0.421 e. The van der Waals surface area contributed by atoms with Gasteiger partial charge >= 0.3 is 5.97 Å². The van der Waals surface area contributed by atoms with Gasteiger partial charge in [-0.1, -0.05) is 41.1 Å². The summed E-state index contributed by atoms with van der Waals surface area (Å²) >= 11 is 6.67. The molecular formula is C16H12Br2O3. The van der Waals surface area contributed by atoms with Gasteiger partial charge in [0.1, 0.15) is 0 Å². The van der Waals surface area contributed by atoms with Gasteiger partial charge in [-0.3, -0.25) is 4.79 Å². The van der Waals surface area contributed by atoms with Crippen molar-refractivity contribution in [2.75, 3.05) is 0 Å². The van der Waals surface area contributed by atoms with Gasteiger partial charge in [-0.25, -0.2) is 4.79 Å². The number of rotatable bonds is 4. The fourth-order valence-electron chi connectivity index (χ4n) is 1.79. The zero-order valence-electron chi connectivity index (χ0n) is 11.2. The van der Waals surface area contributed by atoms with Crippen molar-refractivity contribution in [2.45, 2.75) is 13.3 Å². The Morgan fingerprint density at radius 1 is 1.10 bits per heavy atom. The van der Waals surface area contributed by atoms with Crippen LogP contribution >= 0.6 is 31.9 Å². The molecule has 2 aromatic carbocycles. The molecule has 5 heteroatoms. The Bertz CT molecular complexity index is 681. The first-order chi connectivity index (χ1) is 10.0. The van der Waals surface area contributed by atoms with Crippen LogP contribution in [0.2, 0.25) is 0 Å². The molecule has 0 bridgehead atoms. The van der Waals surface area contributed by atoms with Crippen molar-refractivity contribution in [3.63, 3.8) is 0 Å². The van der Waals surface area contributed by atoms with E-state index in [1.165, 1.54) is 0 Å². The molecule has 0 aromatic heterocycles. The number of ether oxygens (including phenoxy) is 1. The van der Waals surface area contributed by atoms with Crippen LogP contribution in [0.5, 0.6) is 5.75 Å². The fraction of sp³-hybridized carbons (Fsp3) is 0.125.